The number of benzene rings is 2. The second kappa shape index (κ2) is 6.07. The molecule has 24 heavy (non-hydrogen) atoms. The van der Waals surface area contributed by atoms with Gasteiger partial charge in [-0.15, -0.1) is 0 Å². The second-order valence-corrected chi connectivity index (χ2v) is 5.95. The van der Waals surface area contributed by atoms with Crippen LogP contribution in [-0.2, 0) is 11.2 Å². The van der Waals surface area contributed by atoms with Crippen LogP contribution in [0.5, 0.6) is 5.75 Å². The summed E-state index contributed by atoms with van der Waals surface area (Å²) in [5.74, 6) is -1.86. The molecule has 0 amide bonds. The fraction of sp³-hybridized carbons (Fsp3) is 0.263. The van der Waals surface area contributed by atoms with E-state index in [0.29, 0.717) is 41.0 Å². The summed E-state index contributed by atoms with van der Waals surface area (Å²) in [6, 6.07) is 7.12. The first-order valence-electron chi connectivity index (χ1n) is 7.72. The maximum Gasteiger partial charge on any atom is 0.310 e. The van der Waals surface area contributed by atoms with E-state index in [1.165, 1.54) is 24.3 Å². The lowest BCUT2D eigenvalue weighted by Gasteiger charge is -2.17. The predicted molar refractivity (Wildman–Crippen MR) is 86.3 cm³/mol. The Bertz CT molecular complexity index is 824. The van der Waals surface area contributed by atoms with Gasteiger partial charge in [0.1, 0.15) is 11.6 Å². The molecule has 2 aromatic carbocycles. The SMILES string of the molecule is Cc1c(C(C)C(=O)O)cc2c(c1C(=O)c1ccc(F)cc1)OCC2. The highest BCUT2D eigenvalue weighted by Crippen LogP contribution is 2.38. The molecular formula is C19H17FO4. The second-order valence-electron chi connectivity index (χ2n) is 5.95. The van der Waals surface area contributed by atoms with E-state index in [0.717, 1.165) is 5.56 Å². The molecular weight excluding hydrogens is 311 g/mol. The quantitative estimate of drug-likeness (QED) is 0.873. The fourth-order valence-electron chi connectivity index (χ4n) is 3.05. The maximum absolute atomic E-state index is 13.1. The third-order valence-corrected chi connectivity index (χ3v) is 4.44. The Balaban J connectivity index is 2.17. The molecule has 2 aromatic rings. The molecule has 0 spiro atoms. The summed E-state index contributed by atoms with van der Waals surface area (Å²) in [6.45, 7) is 3.79. The van der Waals surface area contributed by atoms with Gasteiger partial charge in [-0.1, -0.05) is 6.07 Å². The van der Waals surface area contributed by atoms with Gasteiger partial charge in [0.15, 0.2) is 5.78 Å². The van der Waals surface area contributed by atoms with Gasteiger partial charge in [0.05, 0.1) is 18.1 Å². The van der Waals surface area contributed by atoms with Gasteiger partial charge >= 0.3 is 5.97 Å². The van der Waals surface area contributed by atoms with Crippen LogP contribution in [0.1, 0.15) is 45.5 Å². The van der Waals surface area contributed by atoms with Crippen LogP contribution in [0.25, 0.3) is 0 Å². The Morgan fingerprint density at radius 1 is 1.25 bits per heavy atom. The van der Waals surface area contributed by atoms with Crippen LogP contribution in [0, 0.1) is 12.7 Å². The lowest BCUT2D eigenvalue weighted by Crippen LogP contribution is -2.14. The Labute approximate surface area is 138 Å². The van der Waals surface area contributed by atoms with Crippen LogP contribution in [0.15, 0.2) is 30.3 Å². The fourth-order valence-corrected chi connectivity index (χ4v) is 3.05. The predicted octanol–water partition coefficient (Wildman–Crippen LogP) is 3.49. The number of halogens is 1. The molecule has 1 atom stereocenters. The summed E-state index contributed by atoms with van der Waals surface area (Å²) in [4.78, 5) is 24.3. The van der Waals surface area contributed by atoms with Crippen molar-refractivity contribution in [3.63, 3.8) is 0 Å². The Morgan fingerprint density at radius 2 is 1.92 bits per heavy atom. The molecule has 1 heterocycles. The minimum absolute atomic E-state index is 0.287. The van der Waals surface area contributed by atoms with Crippen molar-refractivity contribution in [3.8, 4) is 5.75 Å². The van der Waals surface area contributed by atoms with Crippen LogP contribution in [-0.4, -0.2) is 23.5 Å². The highest BCUT2D eigenvalue weighted by atomic mass is 19.1. The summed E-state index contributed by atoms with van der Waals surface area (Å²) in [5.41, 5.74) is 2.77. The molecule has 0 fully saturated rings. The molecule has 124 valence electrons. The first-order chi connectivity index (χ1) is 11.4. The van der Waals surface area contributed by atoms with E-state index in [-0.39, 0.29) is 5.78 Å². The number of hydrogen-bond donors (Lipinski definition) is 1. The van der Waals surface area contributed by atoms with Crippen molar-refractivity contribution in [2.75, 3.05) is 6.61 Å². The third kappa shape index (κ3) is 2.66. The average molecular weight is 328 g/mol. The molecule has 0 aromatic heterocycles. The average Bonchev–Trinajstić information content (AvgIpc) is 3.01. The van der Waals surface area contributed by atoms with Gasteiger partial charge in [-0.2, -0.15) is 0 Å². The molecule has 0 bridgehead atoms. The monoisotopic (exact) mass is 328 g/mol. The number of carboxylic acids is 1. The van der Waals surface area contributed by atoms with Crippen molar-refractivity contribution in [2.45, 2.75) is 26.2 Å². The van der Waals surface area contributed by atoms with Crippen molar-refractivity contribution in [3.05, 3.63) is 64.0 Å². The van der Waals surface area contributed by atoms with Crippen molar-refractivity contribution in [2.24, 2.45) is 0 Å². The van der Waals surface area contributed by atoms with Crippen LogP contribution >= 0.6 is 0 Å². The highest BCUT2D eigenvalue weighted by molar-refractivity contribution is 6.12. The van der Waals surface area contributed by atoms with Crippen molar-refractivity contribution >= 4 is 11.8 Å². The number of fused-ring (bicyclic) bond motifs is 1. The zero-order valence-corrected chi connectivity index (χ0v) is 13.4. The minimum Gasteiger partial charge on any atom is -0.492 e. The topological polar surface area (TPSA) is 63.6 Å². The standard InChI is InChI=1S/C19H17FO4/c1-10-15(11(2)19(22)23)9-13-7-8-24-18(13)16(10)17(21)12-3-5-14(20)6-4-12/h3-6,9,11H,7-8H2,1-2H3,(H,22,23). The number of ether oxygens (including phenoxy) is 1. The molecule has 0 aliphatic carbocycles. The Kier molecular flexibility index (Phi) is 4.09. The molecule has 3 rings (SSSR count). The van der Waals surface area contributed by atoms with Gasteiger partial charge in [-0.25, -0.2) is 4.39 Å². The van der Waals surface area contributed by atoms with E-state index >= 15 is 0 Å². The third-order valence-electron chi connectivity index (χ3n) is 4.44. The van der Waals surface area contributed by atoms with E-state index in [1.54, 1.807) is 13.8 Å². The number of carboxylic acid groups (broad SMARTS) is 1. The number of carbonyl (C=O) groups is 2. The van der Waals surface area contributed by atoms with Crippen LogP contribution in [0.4, 0.5) is 4.39 Å². The molecule has 1 N–H and O–H groups in total. The van der Waals surface area contributed by atoms with Crippen molar-refractivity contribution < 1.29 is 23.8 Å². The molecule has 1 unspecified atom stereocenters. The number of ketones is 1. The van der Waals surface area contributed by atoms with Crippen LogP contribution in [0.2, 0.25) is 0 Å². The van der Waals surface area contributed by atoms with E-state index in [9.17, 15) is 19.1 Å². The highest BCUT2D eigenvalue weighted by Gasteiger charge is 2.29. The zero-order valence-electron chi connectivity index (χ0n) is 13.4. The van der Waals surface area contributed by atoms with Gasteiger partial charge < -0.3 is 9.84 Å². The lowest BCUT2D eigenvalue weighted by atomic mass is 9.87. The lowest BCUT2D eigenvalue weighted by molar-refractivity contribution is -0.138. The summed E-state index contributed by atoms with van der Waals surface area (Å²) in [5, 5.41) is 9.33. The number of rotatable bonds is 4. The summed E-state index contributed by atoms with van der Waals surface area (Å²) >= 11 is 0. The Morgan fingerprint density at radius 3 is 2.54 bits per heavy atom. The van der Waals surface area contributed by atoms with Gasteiger partial charge in [0, 0.05) is 12.0 Å². The number of hydrogen-bond acceptors (Lipinski definition) is 3. The molecule has 0 saturated heterocycles. The van der Waals surface area contributed by atoms with Gasteiger partial charge in [-0.05, 0) is 54.8 Å². The molecule has 1 aliphatic rings. The normalized spacial score (nSPS) is 14.0. The molecule has 4 nitrogen and oxygen atoms in total. The van der Waals surface area contributed by atoms with Gasteiger partial charge in [0.25, 0.3) is 0 Å². The van der Waals surface area contributed by atoms with E-state index in [4.69, 9.17) is 4.74 Å². The summed E-state index contributed by atoms with van der Waals surface area (Å²) < 4.78 is 18.7. The van der Waals surface area contributed by atoms with E-state index < -0.39 is 17.7 Å². The molecule has 0 radical (unpaired) electrons. The minimum atomic E-state index is -0.947. The van der Waals surface area contributed by atoms with Crippen LogP contribution in [0.3, 0.4) is 0 Å². The summed E-state index contributed by atoms with van der Waals surface area (Å²) in [6.07, 6.45) is 0.638. The Hall–Kier alpha value is -2.69. The van der Waals surface area contributed by atoms with Crippen LogP contribution < -0.4 is 4.74 Å². The molecule has 5 heteroatoms. The molecule has 1 aliphatic heterocycles. The largest absolute Gasteiger partial charge is 0.492 e. The van der Waals surface area contributed by atoms with Gasteiger partial charge in [0.2, 0.25) is 0 Å². The molecule has 0 saturated carbocycles. The summed E-state index contributed by atoms with van der Waals surface area (Å²) in [7, 11) is 0. The first-order valence-corrected chi connectivity index (χ1v) is 7.72. The zero-order chi connectivity index (χ0) is 17.4. The smallest absolute Gasteiger partial charge is 0.310 e. The first kappa shape index (κ1) is 16.2. The van der Waals surface area contributed by atoms with Crippen molar-refractivity contribution in [1.29, 1.82) is 0 Å². The van der Waals surface area contributed by atoms with E-state index in [2.05, 4.69) is 0 Å². The number of aliphatic carboxylic acids is 1. The number of carbonyl (C=O) groups excluding carboxylic acids is 1. The van der Waals surface area contributed by atoms with E-state index in [1.807, 2.05) is 6.07 Å². The maximum atomic E-state index is 13.1. The van der Waals surface area contributed by atoms with Crippen molar-refractivity contribution in [1.82, 2.24) is 0 Å². The van der Waals surface area contributed by atoms with Gasteiger partial charge in [-0.3, -0.25) is 9.59 Å².